The first kappa shape index (κ1) is 15.9. The second-order valence-electron chi connectivity index (χ2n) is 7.16. The molecular weight excluding hydrogens is 240 g/mol. The molecule has 0 N–H and O–H groups in total. The van der Waals surface area contributed by atoms with Crippen LogP contribution in [0.2, 0.25) is 0 Å². The molecule has 0 heterocycles. The third-order valence-electron chi connectivity index (χ3n) is 5.76. The van der Waals surface area contributed by atoms with Gasteiger partial charge in [0.15, 0.2) is 0 Å². The summed E-state index contributed by atoms with van der Waals surface area (Å²) in [6.07, 6.45) is 23.8. The largest absolute Gasteiger partial charge is 0.0877 e. The van der Waals surface area contributed by atoms with Gasteiger partial charge in [0, 0.05) is 0 Å². The summed E-state index contributed by atoms with van der Waals surface area (Å²) in [5.41, 5.74) is 0. The summed E-state index contributed by atoms with van der Waals surface area (Å²) in [7, 11) is 0. The maximum atomic E-state index is 2.44. The molecule has 20 heavy (non-hydrogen) atoms. The first-order chi connectivity index (χ1) is 9.83. The van der Waals surface area contributed by atoms with Crippen molar-refractivity contribution >= 4 is 0 Å². The molecule has 2 saturated carbocycles. The van der Waals surface area contributed by atoms with Crippen LogP contribution in [0.5, 0.6) is 0 Å². The molecule has 0 aromatic carbocycles. The fourth-order valence-electron chi connectivity index (χ4n) is 4.50. The van der Waals surface area contributed by atoms with E-state index in [1.165, 1.54) is 64.2 Å². The summed E-state index contributed by atoms with van der Waals surface area (Å²) < 4.78 is 0. The van der Waals surface area contributed by atoms with Crippen LogP contribution in [0.15, 0.2) is 24.3 Å². The molecular formula is C20H34. The van der Waals surface area contributed by atoms with Gasteiger partial charge in [0.25, 0.3) is 0 Å². The molecule has 0 spiro atoms. The van der Waals surface area contributed by atoms with Crippen molar-refractivity contribution in [2.45, 2.75) is 78.1 Å². The maximum Gasteiger partial charge on any atom is -0.0230 e. The van der Waals surface area contributed by atoms with E-state index in [2.05, 4.69) is 38.2 Å². The first-order valence-corrected chi connectivity index (χ1v) is 9.13. The van der Waals surface area contributed by atoms with E-state index in [0.29, 0.717) is 0 Å². The standard InChI is InChI=1S/C20H34/c1-3-5-6-8-18-11-15-20(16-12-18)19-13-9-17(7-4-2)10-14-19/h3,5-6,8,17-20H,4,7,9-16H2,1-2H3/b5-3+,8-6+. The lowest BCUT2D eigenvalue weighted by atomic mass is 9.69. The van der Waals surface area contributed by atoms with Gasteiger partial charge in [-0.3, -0.25) is 0 Å². The number of allylic oxidation sites excluding steroid dienone is 4. The molecule has 0 heteroatoms. The van der Waals surface area contributed by atoms with Gasteiger partial charge in [-0.05, 0) is 69.1 Å². The Hall–Kier alpha value is -0.520. The molecule has 0 aromatic rings. The average Bonchev–Trinajstić information content (AvgIpc) is 2.49. The quantitative estimate of drug-likeness (QED) is 0.500. The minimum absolute atomic E-state index is 0.860. The predicted octanol–water partition coefficient (Wildman–Crippen LogP) is 6.53. The van der Waals surface area contributed by atoms with Crippen LogP contribution in [0.4, 0.5) is 0 Å². The van der Waals surface area contributed by atoms with Crippen molar-refractivity contribution < 1.29 is 0 Å². The van der Waals surface area contributed by atoms with E-state index in [1.54, 1.807) is 0 Å². The molecule has 2 rings (SSSR count). The zero-order valence-electron chi connectivity index (χ0n) is 13.7. The monoisotopic (exact) mass is 274 g/mol. The minimum atomic E-state index is 0.860. The summed E-state index contributed by atoms with van der Waals surface area (Å²) in [5.74, 6) is 4.06. The third-order valence-corrected chi connectivity index (χ3v) is 5.76. The van der Waals surface area contributed by atoms with Crippen molar-refractivity contribution in [1.29, 1.82) is 0 Å². The Morgan fingerprint density at radius 1 is 0.800 bits per heavy atom. The lowest BCUT2D eigenvalue weighted by Gasteiger charge is -2.37. The lowest BCUT2D eigenvalue weighted by Crippen LogP contribution is -2.25. The molecule has 0 bridgehead atoms. The highest BCUT2D eigenvalue weighted by molar-refractivity contribution is 5.04. The van der Waals surface area contributed by atoms with Gasteiger partial charge in [0.2, 0.25) is 0 Å². The van der Waals surface area contributed by atoms with E-state index in [4.69, 9.17) is 0 Å². The number of hydrogen-bond acceptors (Lipinski definition) is 0. The van der Waals surface area contributed by atoms with Gasteiger partial charge in [-0.2, -0.15) is 0 Å². The first-order valence-electron chi connectivity index (χ1n) is 9.13. The topological polar surface area (TPSA) is 0 Å². The highest BCUT2D eigenvalue weighted by Crippen LogP contribution is 2.42. The van der Waals surface area contributed by atoms with Crippen LogP contribution in [-0.4, -0.2) is 0 Å². The summed E-state index contributed by atoms with van der Waals surface area (Å²) in [6, 6.07) is 0. The van der Waals surface area contributed by atoms with Crippen LogP contribution < -0.4 is 0 Å². The number of rotatable bonds is 5. The molecule has 0 atom stereocenters. The van der Waals surface area contributed by atoms with Crippen molar-refractivity contribution in [2.24, 2.45) is 23.7 Å². The lowest BCUT2D eigenvalue weighted by molar-refractivity contribution is 0.152. The second kappa shape index (κ2) is 8.70. The van der Waals surface area contributed by atoms with E-state index in [1.807, 2.05) is 0 Å². The van der Waals surface area contributed by atoms with E-state index in [0.717, 1.165) is 23.7 Å². The average molecular weight is 274 g/mol. The van der Waals surface area contributed by atoms with Crippen molar-refractivity contribution in [2.75, 3.05) is 0 Å². The summed E-state index contributed by atoms with van der Waals surface area (Å²) in [6.45, 7) is 4.44. The summed E-state index contributed by atoms with van der Waals surface area (Å²) in [4.78, 5) is 0. The summed E-state index contributed by atoms with van der Waals surface area (Å²) >= 11 is 0. The number of hydrogen-bond donors (Lipinski definition) is 0. The van der Waals surface area contributed by atoms with E-state index < -0.39 is 0 Å². The van der Waals surface area contributed by atoms with Gasteiger partial charge in [0.05, 0.1) is 0 Å². The predicted molar refractivity (Wildman–Crippen MR) is 89.8 cm³/mol. The van der Waals surface area contributed by atoms with Crippen molar-refractivity contribution in [1.82, 2.24) is 0 Å². The SMILES string of the molecule is C/C=C/C=C/C1CCC(C2CCC(CCC)CC2)CC1. The molecule has 2 aliphatic carbocycles. The normalized spacial score (nSPS) is 35.9. The highest BCUT2D eigenvalue weighted by atomic mass is 14.3. The van der Waals surface area contributed by atoms with E-state index in [-0.39, 0.29) is 0 Å². The summed E-state index contributed by atoms with van der Waals surface area (Å²) in [5, 5.41) is 0. The van der Waals surface area contributed by atoms with Crippen molar-refractivity contribution in [3.63, 3.8) is 0 Å². The Morgan fingerprint density at radius 3 is 1.95 bits per heavy atom. The maximum absolute atomic E-state index is 2.44. The molecule has 0 aliphatic heterocycles. The fourth-order valence-corrected chi connectivity index (χ4v) is 4.50. The Bertz CT molecular complexity index is 296. The van der Waals surface area contributed by atoms with E-state index in [9.17, 15) is 0 Å². The van der Waals surface area contributed by atoms with Crippen LogP contribution in [0.3, 0.4) is 0 Å². The van der Waals surface area contributed by atoms with Gasteiger partial charge in [-0.25, -0.2) is 0 Å². The fraction of sp³-hybridized carbons (Fsp3) is 0.800. The molecule has 0 saturated heterocycles. The molecule has 0 amide bonds. The highest BCUT2D eigenvalue weighted by Gasteiger charge is 2.29. The Balaban J connectivity index is 1.69. The van der Waals surface area contributed by atoms with Crippen LogP contribution in [0, 0.1) is 23.7 Å². The van der Waals surface area contributed by atoms with Gasteiger partial charge in [-0.1, -0.05) is 56.9 Å². The molecule has 0 unspecified atom stereocenters. The molecule has 2 fully saturated rings. The zero-order chi connectivity index (χ0) is 14.2. The van der Waals surface area contributed by atoms with Crippen LogP contribution in [0.25, 0.3) is 0 Å². The molecule has 2 aliphatic rings. The van der Waals surface area contributed by atoms with Crippen molar-refractivity contribution in [3.05, 3.63) is 24.3 Å². The van der Waals surface area contributed by atoms with Gasteiger partial charge >= 0.3 is 0 Å². The smallest absolute Gasteiger partial charge is 0.0230 e. The molecule has 0 nitrogen and oxygen atoms in total. The Kier molecular flexibility index (Phi) is 6.90. The van der Waals surface area contributed by atoms with Gasteiger partial charge < -0.3 is 0 Å². The minimum Gasteiger partial charge on any atom is -0.0877 e. The van der Waals surface area contributed by atoms with Crippen LogP contribution in [-0.2, 0) is 0 Å². The van der Waals surface area contributed by atoms with Crippen molar-refractivity contribution in [3.8, 4) is 0 Å². The van der Waals surface area contributed by atoms with Crippen LogP contribution >= 0.6 is 0 Å². The zero-order valence-corrected chi connectivity index (χ0v) is 13.7. The van der Waals surface area contributed by atoms with E-state index >= 15 is 0 Å². The second-order valence-corrected chi connectivity index (χ2v) is 7.16. The molecule has 0 aromatic heterocycles. The van der Waals surface area contributed by atoms with Crippen LogP contribution in [0.1, 0.15) is 78.1 Å². The molecule has 114 valence electrons. The molecule has 0 radical (unpaired) electrons. The third kappa shape index (κ3) is 4.79. The Morgan fingerprint density at radius 2 is 1.40 bits per heavy atom. The van der Waals surface area contributed by atoms with Gasteiger partial charge in [0.1, 0.15) is 0 Å². The Labute approximate surface area is 126 Å². The van der Waals surface area contributed by atoms with Gasteiger partial charge in [-0.15, -0.1) is 0 Å².